The molecule has 0 spiro atoms. The molecule has 1 saturated heterocycles. The first-order chi connectivity index (χ1) is 11.2. The van der Waals surface area contributed by atoms with Crippen LogP contribution in [0.25, 0.3) is 12.2 Å². The summed E-state index contributed by atoms with van der Waals surface area (Å²) in [5.41, 5.74) is 1.91. The maximum atomic E-state index is 6.17. The van der Waals surface area contributed by atoms with Gasteiger partial charge in [-0.2, -0.15) is 0 Å². The van der Waals surface area contributed by atoms with Crippen molar-refractivity contribution in [3.05, 3.63) is 53.1 Å². The van der Waals surface area contributed by atoms with Crippen LogP contribution in [0.5, 0.6) is 5.75 Å². The summed E-state index contributed by atoms with van der Waals surface area (Å²) in [5, 5.41) is 0.473. The van der Waals surface area contributed by atoms with E-state index in [-0.39, 0.29) is 24.8 Å². The molecule has 1 aliphatic heterocycles. The summed E-state index contributed by atoms with van der Waals surface area (Å²) in [6.07, 6.45) is 11.6. The van der Waals surface area contributed by atoms with Gasteiger partial charge in [-0.25, -0.2) is 4.98 Å². The molecule has 0 N–H and O–H groups in total. The Bertz CT molecular complexity index is 683. The van der Waals surface area contributed by atoms with Crippen LogP contribution in [0.1, 0.15) is 24.0 Å². The van der Waals surface area contributed by atoms with Crippen LogP contribution in [0.3, 0.4) is 0 Å². The molecule has 0 unspecified atom stereocenters. The summed E-state index contributed by atoms with van der Waals surface area (Å²) >= 11 is 6.17. The largest absolute Gasteiger partial charge is 0.490 e. The van der Waals surface area contributed by atoms with Crippen LogP contribution in [-0.4, -0.2) is 41.1 Å². The summed E-state index contributed by atoms with van der Waals surface area (Å²) in [4.78, 5) is 10.6. The van der Waals surface area contributed by atoms with Crippen LogP contribution >= 0.6 is 36.4 Å². The van der Waals surface area contributed by atoms with Gasteiger partial charge in [0, 0.05) is 24.0 Å². The molecule has 0 aliphatic carbocycles. The van der Waals surface area contributed by atoms with E-state index in [2.05, 4.69) is 21.9 Å². The SMILES string of the molecule is CN1CCC[C@@H]1COc1cnc(Cl)c(C=Cc2ccncc2)c1.Cl.Cl. The number of halogens is 3. The van der Waals surface area contributed by atoms with Crippen LogP contribution in [0.4, 0.5) is 0 Å². The average molecular weight is 403 g/mol. The third-order valence-electron chi connectivity index (χ3n) is 4.12. The minimum Gasteiger partial charge on any atom is -0.490 e. The van der Waals surface area contributed by atoms with Gasteiger partial charge < -0.3 is 9.64 Å². The van der Waals surface area contributed by atoms with Crippen molar-refractivity contribution in [3.63, 3.8) is 0 Å². The van der Waals surface area contributed by atoms with E-state index >= 15 is 0 Å². The lowest BCUT2D eigenvalue weighted by atomic mass is 10.2. The maximum Gasteiger partial charge on any atom is 0.138 e. The molecule has 136 valence electrons. The summed E-state index contributed by atoms with van der Waals surface area (Å²) in [7, 11) is 2.14. The standard InChI is InChI=1S/C18H20ClN3O.2ClH/c1-22-10-2-3-16(22)13-23-17-11-15(18(19)21-12-17)5-4-14-6-8-20-9-7-14;;/h4-9,11-12,16H,2-3,10,13H2,1H3;2*1H/t16-;;/m1../s1. The van der Waals surface area contributed by atoms with E-state index in [1.54, 1.807) is 18.6 Å². The Labute approximate surface area is 166 Å². The molecule has 0 aromatic carbocycles. The van der Waals surface area contributed by atoms with Crippen molar-refractivity contribution in [2.75, 3.05) is 20.2 Å². The zero-order valence-corrected chi connectivity index (χ0v) is 16.4. The molecule has 0 amide bonds. The Morgan fingerprint density at radius 1 is 1.28 bits per heavy atom. The van der Waals surface area contributed by atoms with Gasteiger partial charge in [-0.15, -0.1) is 24.8 Å². The Kier molecular flexibility index (Phi) is 9.22. The summed E-state index contributed by atoms with van der Waals surface area (Å²) in [5.74, 6) is 0.754. The molecule has 0 bridgehead atoms. The van der Waals surface area contributed by atoms with Gasteiger partial charge in [0.05, 0.1) is 6.20 Å². The van der Waals surface area contributed by atoms with Crippen molar-refractivity contribution >= 4 is 48.6 Å². The number of hydrogen-bond acceptors (Lipinski definition) is 4. The lowest BCUT2D eigenvalue weighted by Gasteiger charge is -2.19. The minimum absolute atomic E-state index is 0. The second kappa shape index (κ2) is 10.6. The molecule has 1 fully saturated rings. The first kappa shape index (κ1) is 21.7. The molecule has 0 radical (unpaired) electrons. The smallest absolute Gasteiger partial charge is 0.138 e. The highest BCUT2D eigenvalue weighted by atomic mass is 35.5. The van der Waals surface area contributed by atoms with Crippen molar-refractivity contribution in [1.29, 1.82) is 0 Å². The molecule has 3 rings (SSSR count). The van der Waals surface area contributed by atoms with Crippen LogP contribution < -0.4 is 4.74 Å². The highest BCUT2D eigenvalue weighted by molar-refractivity contribution is 6.31. The van der Waals surface area contributed by atoms with Crippen LogP contribution in [0.2, 0.25) is 5.15 Å². The third-order valence-corrected chi connectivity index (χ3v) is 4.43. The van der Waals surface area contributed by atoms with Crippen LogP contribution in [-0.2, 0) is 0 Å². The predicted molar refractivity (Wildman–Crippen MR) is 108 cm³/mol. The number of aromatic nitrogens is 2. The molecule has 2 aromatic heterocycles. The van der Waals surface area contributed by atoms with Gasteiger partial charge in [-0.3, -0.25) is 4.98 Å². The van der Waals surface area contributed by atoms with E-state index < -0.39 is 0 Å². The fraction of sp³-hybridized carbons (Fsp3) is 0.333. The normalized spacial score (nSPS) is 17.1. The Morgan fingerprint density at radius 2 is 2.04 bits per heavy atom. The van der Waals surface area contributed by atoms with Crippen molar-refractivity contribution in [1.82, 2.24) is 14.9 Å². The summed E-state index contributed by atoms with van der Waals surface area (Å²) in [6, 6.07) is 6.30. The van der Waals surface area contributed by atoms with Crippen molar-refractivity contribution in [2.24, 2.45) is 0 Å². The zero-order chi connectivity index (χ0) is 16.1. The lowest BCUT2D eigenvalue weighted by Crippen LogP contribution is -2.30. The van der Waals surface area contributed by atoms with E-state index in [0.29, 0.717) is 17.8 Å². The average Bonchev–Trinajstić information content (AvgIpc) is 2.99. The van der Waals surface area contributed by atoms with E-state index in [9.17, 15) is 0 Å². The van der Waals surface area contributed by atoms with Crippen molar-refractivity contribution in [3.8, 4) is 5.75 Å². The molecule has 4 nitrogen and oxygen atoms in total. The second-order valence-corrected chi connectivity index (χ2v) is 6.11. The van der Waals surface area contributed by atoms with Gasteiger partial charge in [0.15, 0.2) is 0 Å². The van der Waals surface area contributed by atoms with Crippen molar-refractivity contribution < 1.29 is 4.74 Å². The maximum absolute atomic E-state index is 6.17. The van der Waals surface area contributed by atoms with E-state index in [4.69, 9.17) is 16.3 Å². The number of likely N-dealkylation sites (N-methyl/N-ethyl adjacent to an activating group) is 1. The number of hydrogen-bond donors (Lipinski definition) is 0. The molecule has 1 aliphatic rings. The fourth-order valence-electron chi connectivity index (χ4n) is 2.68. The van der Waals surface area contributed by atoms with Gasteiger partial charge in [0.25, 0.3) is 0 Å². The zero-order valence-electron chi connectivity index (χ0n) is 14.0. The molecule has 1 atom stereocenters. The van der Waals surface area contributed by atoms with E-state index in [1.807, 2.05) is 30.4 Å². The van der Waals surface area contributed by atoms with Gasteiger partial charge in [0.2, 0.25) is 0 Å². The summed E-state index contributed by atoms with van der Waals surface area (Å²) in [6.45, 7) is 1.83. The predicted octanol–water partition coefficient (Wildman–Crippen LogP) is 4.62. The number of likely N-dealkylation sites (tertiary alicyclic amines) is 1. The molecular weight excluding hydrogens is 381 g/mol. The van der Waals surface area contributed by atoms with Crippen LogP contribution in [0.15, 0.2) is 36.8 Å². The highest BCUT2D eigenvalue weighted by Gasteiger charge is 2.21. The Balaban J connectivity index is 0.00000156. The first-order valence-corrected chi connectivity index (χ1v) is 8.17. The van der Waals surface area contributed by atoms with E-state index in [0.717, 1.165) is 23.4 Å². The topological polar surface area (TPSA) is 38.2 Å². The Morgan fingerprint density at radius 3 is 2.72 bits per heavy atom. The lowest BCUT2D eigenvalue weighted by molar-refractivity contribution is 0.198. The second-order valence-electron chi connectivity index (χ2n) is 5.75. The van der Waals surface area contributed by atoms with Gasteiger partial charge in [0.1, 0.15) is 17.5 Å². The summed E-state index contributed by atoms with van der Waals surface area (Å²) < 4.78 is 5.90. The molecule has 3 heterocycles. The molecule has 7 heteroatoms. The third kappa shape index (κ3) is 6.15. The monoisotopic (exact) mass is 401 g/mol. The van der Waals surface area contributed by atoms with Crippen molar-refractivity contribution in [2.45, 2.75) is 18.9 Å². The van der Waals surface area contributed by atoms with Gasteiger partial charge in [-0.1, -0.05) is 23.8 Å². The molecule has 0 saturated carbocycles. The quantitative estimate of drug-likeness (QED) is 0.684. The van der Waals surface area contributed by atoms with Crippen LogP contribution in [0, 0.1) is 0 Å². The minimum atomic E-state index is 0. The Hall–Kier alpha value is -1.33. The van der Waals surface area contributed by atoms with Gasteiger partial charge in [-0.05, 0) is 50.2 Å². The molecule has 2 aromatic rings. The number of nitrogens with zero attached hydrogens (tertiary/aromatic N) is 3. The highest BCUT2D eigenvalue weighted by Crippen LogP contribution is 2.23. The molecule has 25 heavy (non-hydrogen) atoms. The number of pyridine rings is 2. The fourth-order valence-corrected chi connectivity index (χ4v) is 2.85. The number of rotatable bonds is 5. The van der Waals surface area contributed by atoms with E-state index in [1.165, 1.54) is 12.8 Å². The van der Waals surface area contributed by atoms with Gasteiger partial charge >= 0.3 is 0 Å². The first-order valence-electron chi connectivity index (χ1n) is 7.79. The molecular formula is C18H22Cl3N3O. The number of ether oxygens (including phenoxy) is 1.